The highest BCUT2D eigenvalue weighted by Gasteiger charge is 2.27. The Labute approximate surface area is 167 Å². The molecule has 0 radical (unpaired) electrons. The van der Waals surface area contributed by atoms with Gasteiger partial charge in [0.2, 0.25) is 0 Å². The van der Waals surface area contributed by atoms with Crippen LogP contribution in [0.4, 0.5) is 0 Å². The fourth-order valence-electron chi connectivity index (χ4n) is 2.76. The van der Waals surface area contributed by atoms with Crippen molar-refractivity contribution in [3.05, 3.63) is 71.8 Å². The molecule has 5 nitrogen and oxygen atoms in total. The van der Waals surface area contributed by atoms with Gasteiger partial charge in [0.25, 0.3) is 0 Å². The molecule has 0 aromatic heterocycles. The first-order valence-corrected chi connectivity index (χ1v) is 9.55. The third-order valence-corrected chi connectivity index (χ3v) is 4.76. The number of hydrogen-bond acceptors (Lipinski definition) is 5. The molecule has 0 saturated carbocycles. The molecule has 0 fully saturated rings. The summed E-state index contributed by atoms with van der Waals surface area (Å²) in [5.74, 6) is -0.305. The van der Waals surface area contributed by atoms with Crippen molar-refractivity contribution < 1.29 is 23.7 Å². The molecule has 3 atom stereocenters. The van der Waals surface area contributed by atoms with Gasteiger partial charge in [0, 0.05) is 5.92 Å². The molecule has 0 aliphatic heterocycles. The summed E-state index contributed by atoms with van der Waals surface area (Å²) in [6, 6.07) is 19.8. The van der Waals surface area contributed by atoms with Crippen LogP contribution in [0.2, 0.25) is 0 Å². The van der Waals surface area contributed by atoms with Gasteiger partial charge in [0.1, 0.15) is 6.79 Å². The van der Waals surface area contributed by atoms with Crippen LogP contribution < -0.4 is 0 Å². The van der Waals surface area contributed by atoms with E-state index in [1.165, 1.54) is 7.11 Å². The molecule has 5 heteroatoms. The Morgan fingerprint density at radius 2 is 1.43 bits per heavy atom. The van der Waals surface area contributed by atoms with Crippen LogP contribution in [0.1, 0.15) is 31.4 Å². The van der Waals surface area contributed by atoms with E-state index in [1.807, 2.05) is 74.5 Å². The number of rotatable bonds is 12. The fourth-order valence-corrected chi connectivity index (χ4v) is 2.76. The molecule has 0 aliphatic carbocycles. The highest BCUT2D eigenvalue weighted by molar-refractivity contribution is 5.69. The number of benzene rings is 2. The summed E-state index contributed by atoms with van der Waals surface area (Å²) in [7, 11) is 1.39. The highest BCUT2D eigenvalue weighted by Crippen LogP contribution is 2.20. The minimum absolute atomic E-state index is 0.0110. The van der Waals surface area contributed by atoms with E-state index in [4.69, 9.17) is 18.9 Å². The average molecular weight is 386 g/mol. The monoisotopic (exact) mass is 386 g/mol. The third kappa shape index (κ3) is 7.80. The standard InChI is InChI=1S/C23H30O5/c1-18(19(2)28-17-26-15-20-10-6-4-7-11-20)22(14-23(24)25-3)27-16-21-12-8-5-9-13-21/h4-13,18-19,22H,14-17H2,1-3H3/t18-,19+,22+/m1/s1. The molecule has 28 heavy (non-hydrogen) atoms. The van der Waals surface area contributed by atoms with Gasteiger partial charge in [0.15, 0.2) is 0 Å². The molecular weight excluding hydrogens is 356 g/mol. The Morgan fingerprint density at radius 1 is 0.857 bits per heavy atom. The molecular formula is C23H30O5. The lowest BCUT2D eigenvalue weighted by Crippen LogP contribution is -2.34. The second kappa shape index (κ2) is 12.3. The SMILES string of the molecule is COC(=O)C[C@H](OCc1ccccc1)[C@H](C)[C@H](C)OCOCc1ccccc1. The number of ether oxygens (including phenoxy) is 4. The largest absolute Gasteiger partial charge is 0.469 e. The van der Waals surface area contributed by atoms with Crippen LogP contribution in [0, 0.1) is 5.92 Å². The van der Waals surface area contributed by atoms with Gasteiger partial charge in [-0.2, -0.15) is 0 Å². The number of hydrogen-bond donors (Lipinski definition) is 0. The fraction of sp³-hybridized carbons (Fsp3) is 0.435. The zero-order valence-electron chi connectivity index (χ0n) is 16.9. The Hall–Kier alpha value is -2.21. The van der Waals surface area contributed by atoms with E-state index in [-0.39, 0.29) is 37.3 Å². The van der Waals surface area contributed by atoms with Crippen LogP contribution in [0.25, 0.3) is 0 Å². The number of carbonyl (C=O) groups excluding carboxylic acids is 1. The van der Waals surface area contributed by atoms with Gasteiger partial charge in [-0.3, -0.25) is 4.79 Å². The number of methoxy groups -OCH3 is 1. The predicted molar refractivity (Wildman–Crippen MR) is 107 cm³/mol. The first kappa shape index (κ1) is 22.1. The smallest absolute Gasteiger partial charge is 0.308 e. The second-order valence-corrected chi connectivity index (χ2v) is 6.80. The van der Waals surface area contributed by atoms with Gasteiger partial charge in [-0.05, 0) is 18.1 Å². The lowest BCUT2D eigenvalue weighted by Gasteiger charge is -2.28. The van der Waals surface area contributed by atoms with Crippen molar-refractivity contribution in [3.63, 3.8) is 0 Å². The molecule has 2 aromatic rings. The maximum atomic E-state index is 11.8. The van der Waals surface area contributed by atoms with Gasteiger partial charge in [-0.1, -0.05) is 67.6 Å². The summed E-state index contributed by atoms with van der Waals surface area (Å²) < 4.78 is 22.3. The lowest BCUT2D eigenvalue weighted by atomic mass is 9.96. The molecule has 2 aromatic carbocycles. The second-order valence-electron chi connectivity index (χ2n) is 6.80. The molecule has 2 rings (SSSR count). The van der Waals surface area contributed by atoms with E-state index in [1.54, 1.807) is 0 Å². The molecule has 0 heterocycles. The van der Waals surface area contributed by atoms with Crippen molar-refractivity contribution in [1.82, 2.24) is 0 Å². The van der Waals surface area contributed by atoms with Crippen LogP contribution >= 0.6 is 0 Å². The van der Waals surface area contributed by atoms with Crippen molar-refractivity contribution >= 4 is 5.97 Å². The van der Waals surface area contributed by atoms with E-state index < -0.39 is 0 Å². The van der Waals surface area contributed by atoms with Crippen molar-refractivity contribution in [2.45, 2.75) is 45.7 Å². The molecule has 0 amide bonds. The van der Waals surface area contributed by atoms with Crippen molar-refractivity contribution in [3.8, 4) is 0 Å². The summed E-state index contributed by atoms with van der Waals surface area (Å²) in [6.07, 6.45) is -0.263. The maximum absolute atomic E-state index is 11.8. The normalized spacial score (nSPS) is 14.2. The first-order valence-electron chi connectivity index (χ1n) is 9.55. The Balaban J connectivity index is 1.82. The van der Waals surface area contributed by atoms with Gasteiger partial charge >= 0.3 is 5.97 Å². The lowest BCUT2D eigenvalue weighted by molar-refractivity contribution is -0.151. The van der Waals surface area contributed by atoms with Gasteiger partial charge in [-0.15, -0.1) is 0 Å². The van der Waals surface area contributed by atoms with Crippen molar-refractivity contribution in [2.75, 3.05) is 13.9 Å². The molecule has 152 valence electrons. The van der Waals surface area contributed by atoms with Gasteiger partial charge < -0.3 is 18.9 Å². The average Bonchev–Trinajstić information content (AvgIpc) is 2.74. The Morgan fingerprint density at radius 3 is 2.00 bits per heavy atom. The van der Waals surface area contributed by atoms with E-state index in [2.05, 4.69) is 0 Å². The van der Waals surface area contributed by atoms with Crippen LogP contribution in [-0.4, -0.2) is 32.1 Å². The summed E-state index contributed by atoms with van der Waals surface area (Å²) >= 11 is 0. The minimum atomic E-state index is -0.309. The summed E-state index contributed by atoms with van der Waals surface area (Å²) in [5.41, 5.74) is 2.16. The Kier molecular flexibility index (Phi) is 9.69. The molecule has 0 N–H and O–H groups in total. The van der Waals surface area contributed by atoms with E-state index in [9.17, 15) is 4.79 Å². The maximum Gasteiger partial charge on any atom is 0.308 e. The number of esters is 1. The van der Waals surface area contributed by atoms with Gasteiger partial charge in [0.05, 0.1) is 39.0 Å². The summed E-state index contributed by atoms with van der Waals surface area (Å²) in [6.45, 7) is 5.10. The van der Waals surface area contributed by atoms with Crippen LogP contribution in [0.15, 0.2) is 60.7 Å². The summed E-state index contributed by atoms with van der Waals surface area (Å²) in [4.78, 5) is 11.8. The highest BCUT2D eigenvalue weighted by atomic mass is 16.7. The van der Waals surface area contributed by atoms with Gasteiger partial charge in [-0.25, -0.2) is 0 Å². The van der Waals surface area contributed by atoms with Crippen LogP contribution in [0.5, 0.6) is 0 Å². The third-order valence-electron chi connectivity index (χ3n) is 4.76. The molecule has 0 saturated heterocycles. The predicted octanol–water partition coefficient (Wildman–Crippen LogP) is 4.35. The zero-order chi connectivity index (χ0) is 20.2. The molecule has 0 aliphatic rings. The molecule has 0 bridgehead atoms. The Bertz CT molecular complexity index is 674. The minimum Gasteiger partial charge on any atom is -0.469 e. The van der Waals surface area contributed by atoms with Crippen LogP contribution in [0.3, 0.4) is 0 Å². The van der Waals surface area contributed by atoms with E-state index in [0.29, 0.717) is 13.2 Å². The molecule has 0 unspecified atom stereocenters. The van der Waals surface area contributed by atoms with Crippen LogP contribution in [-0.2, 0) is 37.0 Å². The van der Waals surface area contributed by atoms with Crippen molar-refractivity contribution in [1.29, 1.82) is 0 Å². The summed E-state index contributed by atoms with van der Waals surface area (Å²) in [5, 5.41) is 0. The topological polar surface area (TPSA) is 54.0 Å². The van der Waals surface area contributed by atoms with Crippen molar-refractivity contribution in [2.24, 2.45) is 5.92 Å². The quantitative estimate of drug-likeness (QED) is 0.308. The van der Waals surface area contributed by atoms with E-state index >= 15 is 0 Å². The zero-order valence-corrected chi connectivity index (χ0v) is 16.9. The van der Waals surface area contributed by atoms with E-state index in [0.717, 1.165) is 11.1 Å². The number of carbonyl (C=O) groups is 1. The molecule has 0 spiro atoms. The first-order chi connectivity index (χ1) is 13.6.